The van der Waals surface area contributed by atoms with Gasteiger partial charge in [0.1, 0.15) is 17.5 Å². The van der Waals surface area contributed by atoms with E-state index in [0.29, 0.717) is 18.2 Å². The number of hydrogen-bond acceptors (Lipinski definition) is 6. The molecular weight excluding hydrogens is 304 g/mol. The molecule has 7 heteroatoms. The van der Waals surface area contributed by atoms with Crippen LogP contribution in [0.3, 0.4) is 0 Å². The Kier molecular flexibility index (Phi) is 4.24. The highest BCUT2D eigenvalue weighted by Crippen LogP contribution is 2.28. The molecule has 0 fully saturated rings. The van der Waals surface area contributed by atoms with E-state index in [0.717, 1.165) is 11.1 Å². The number of carbonyl (C=O) groups excluding carboxylic acids is 1. The molecule has 0 spiro atoms. The zero-order valence-corrected chi connectivity index (χ0v) is 14.1. The number of fused-ring (bicyclic) bond motifs is 1. The van der Waals surface area contributed by atoms with E-state index in [2.05, 4.69) is 31.2 Å². The lowest BCUT2D eigenvalue weighted by Gasteiger charge is -2.25. The molecule has 1 unspecified atom stereocenters. The molecular formula is C17H22N6O. The lowest BCUT2D eigenvalue weighted by molar-refractivity contribution is -0.124. The Hall–Kier alpha value is -2.83. The van der Waals surface area contributed by atoms with E-state index in [4.69, 9.17) is 0 Å². The highest BCUT2D eigenvalue weighted by atomic mass is 16.2. The van der Waals surface area contributed by atoms with Gasteiger partial charge in [0.15, 0.2) is 5.82 Å². The third-order valence-electron chi connectivity index (χ3n) is 3.89. The SMILES string of the molecule is CCNC(=O)C(C)(C)Nc1ccnc(C2=CNC3NC=CC=C23)n1. The average molecular weight is 326 g/mol. The number of dihydropyridines is 1. The van der Waals surface area contributed by atoms with Gasteiger partial charge in [0.2, 0.25) is 5.91 Å². The average Bonchev–Trinajstić information content (AvgIpc) is 2.99. The summed E-state index contributed by atoms with van der Waals surface area (Å²) in [6.45, 7) is 6.13. The third kappa shape index (κ3) is 3.10. The summed E-state index contributed by atoms with van der Waals surface area (Å²) in [6.07, 6.45) is 9.54. The maximum absolute atomic E-state index is 12.1. The fourth-order valence-electron chi connectivity index (χ4n) is 2.63. The number of nitrogens with one attached hydrogen (secondary N) is 4. The van der Waals surface area contributed by atoms with Crippen molar-refractivity contribution in [3.8, 4) is 0 Å². The number of amides is 1. The fourth-order valence-corrected chi connectivity index (χ4v) is 2.63. The van der Waals surface area contributed by atoms with E-state index in [-0.39, 0.29) is 12.1 Å². The second kappa shape index (κ2) is 6.35. The molecule has 0 radical (unpaired) electrons. The molecule has 0 saturated heterocycles. The summed E-state index contributed by atoms with van der Waals surface area (Å²) in [5.74, 6) is 1.15. The summed E-state index contributed by atoms with van der Waals surface area (Å²) in [5, 5.41) is 12.5. The van der Waals surface area contributed by atoms with Crippen LogP contribution in [0.5, 0.6) is 0 Å². The minimum atomic E-state index is -0.763. The number of anilines is 1. The predicted octanol–water partition coefficient (Wildman–Crippen LogP) is 1.12. The Morgan fingerprint density at radius 2 is 2.21 bits per heavy atom. The van der Waals surface area contributed by atoms with Crippen LogP contribution >= 0.6 is 0 Å². The van der Waals surface area contributed by atoms with Crippen molar-refractivity contribution in [1.29, 1.82) is 0 Å². The molecule has 126 valence electrons. The number of hydrogen-bond donors (Lipinski definition) is 4. The van der Waals surface area contributed by atoms with Gasteiger partial charge in [-0.2, -0.15) is 0 Å². The van der Waals surface area contributed by atoms with Gasteiger partial charge in [0, 0.05) is 30.1 Å². The molecule has 4 N–H and O–H groups in total. The van der Waals surface area contributed by atoms with E-state index in [1.165, 1.54) is 0 Å². The maximum Gasteiger partial charge on any atom is 0.245 e. The molecule has 2 aliphatic heterocycles. The number of aromatic nitrogens is 2. The van der Waals surface area contributed by atoms with Gasteiger partial charge < -0.3 is 21.3 Å². The van der Waals surface area contributed by atoms with Gasteiger partial charge in [0.25, 0.3) is 0 Å². The summed E-state index contributed by atoms with van der Waals surface area (Å²) in [5.41, 5.74) is 1.27. The van der Waals surface area contributed by atoms with Crippen LogP contribution in [-0.2, 0) is 4.79 Å². The Morgan fingerprint density at radius 1 is 1.38 bits per heavy atom. The molecule has 3 heterocycles. The topological polar surface area (TPSA) is 91.0 Å². The van der Waals surface area contributed by atoms with Crippen LogP contribution < -0.4 is 21.3 Å². The minimum absolute atomic E-state index is 0.0528. The second-order valence-corrected chi connectivity index (χ2v) is 6.18. The van der Waals surface area contributed by atoms with Crippen LogP contribution in [-0.4, -0.2) is 34.1 Å². The quantitative estimate of drug-likeness (QED) is 0.648. The van der Waals surface area contributed by atoms with E-state index in [1.54, 1.807) is 12.3 Å². The highest BCUT2D eigenvalue weighted by Gasteiger charge is 2.29. The van der Waals surface area contributed by atoms with Crippen LogP contribution in [0.2, 0.25) is 0 Å². The molecule has 0 aliphatic carbocycles. The first kappa shape index (κ1) is 16.0. The third-order valence-corrected chi connectivity index (χ3v) is 3.89. The van der Waals surface area contributed by atoms with Gasteiger partial charge in [-0.3, -0.25) is 4.79 Å². The first-order valence-electron chi connectivity index (χ1n) is 8.00. The van der Waals surface area contributed by atoms with Crippen molar-refractivity contribution < 1.29 is 4.79 Å². The van der Waals surface area contributed by atoms with Crippen LogP contribution in [0, 0.1) is 0 Å². The highest BCUT2D eigenvalue weighted by molar-refractivity contribution is 5.88. The van der Waals surface area contributed by atoms with Crippen molar-refractivity contribution in [2.45, 2.75) is 32.5 Å². The number of allylic oxidation sites excluding steroid dienone is 2. The lowest BCUT2D eigenvalue weighted by atomic mass is 10.0. The first-order valence-corrected chi connectivity index (χ1v) is 8.00. The van der Waals surface area contributed by atoms with E-state index in [1.807, 2.05) is 45.3 Å². The molecule has 7 nitrogen and oxygen atoms in total. The van der Waals surface area contributed by atoms with Gasteiger partial charge in [-0.1, -0.05) is 6.08 Å². The summed E-state index contributed by atoms with van der Waals surface area (Å²) in [6, 6.07) is 1.76. The van der Waals surface area contributed by atoms with Crippen LogP contribution in [0.1, 0.15) is 26.6 Å². The van der Waals surface area contributed by atoms with Crippen molar-refractivity contribution in [2.24, 2.45) is 0 Å². The molecule has 2 aliphatic rings. The van der Waals surface area contributed by atoms with E-state index < -0.39 is 5.54 Å². The molecule has 24 heavy (non-hydrogen) atoms. The fraction of sp³-hybridized carbons (Fsp3) is 0.353. The summed E-state index contributed by atoms with van der Waals surface area (Å²) < 4.78 is 0. The summed E-state index contributed by atoms with van der Waals surface area (Å²) in [4.78, 5) is 21.1. The van der Waals surface area contributed by atoms with Gasteiger partial charge in [0.05, 0.1) is 0 Å². The number of carbonyl (C=O) groups is 1. The molecule has 1 aromatic rings. The molecule has 1 aromatic heterocycles. The largest absolute Gasteiger partial charge is 0.368 e. The van der Waals surface area contributed by atoms with Crippen LogP contribution in [0.25, 0.3) is 5.57 Å². The molecule has 1 atom stereocenters. The predicted molar refractivity (Wildman–Crippen MR) is 93.7 cm³/mol. The van der Waals surface area contributed by atoms with Crippen molar-refractivity contribution in [1.82, 2.24) is 25.9 Å². The Labute approximate surface area is 141 Å². The van der Waals surface area contributed by atoms with Crippen molar-refractivity contribution in [3.63, 3.8) is 0 Å². The minimum Gasteiger partial charge on any atom is -0.368 e. The Morgan fingerprint density at radius 3 is 3.00 bits per heavy atom. The summed E-state index contributed by atoms with van der Waals surface area (Å²) >= 11 is 0. The zero-order valence-electron chi connectivity index (χ0n) is 14.1. The standard InChI is InChI=1S/C17H22N6O/c1-4-18-16(24)17(2,3)23-13-7-9-20-15(22-13)12-10-21-14-11(12)6-5-8-19-14/h5-10,14,19,21H,4H2,1-3H3,(H,18,24)(H,20,22,23). The molecule has 0 aromatic carbocycles. The Bertz CT molecular complexity index is 734. The number of nitrogens with zero attached hydrogens (tertiary/aromatic N) is 2. The normalized spacial score (nSPS) is 18.7. The van der Waals surface area contributed by atoms with Gasteiger partial charge in [-0.05, 0) is 39.1 Å². The Balaban J connectivity index is 1.81. The molecule has 1 amide bonds. The smallest absolute Gasteiger partial charge is 0.245 e. The molecule has 0 saturated carbocycles. The van der Waals surface area contributed by atoms with Crippen LogP contribution in [0.4, 0.5) is 5.82 Å². The molecule has 3 rings (SSSR count). The molecule has 0 bridgehead atoms. The number of likely N-dealkylation sites (N-methyl/N-ethyl adjacent to an activating group) is 1. The van der Waals surface area contributed by atoms with Crippen LogP contribution in [0.15, 0.2) is 42.4 Å². The van der Waals surface area contributed by atoms with Gasteiger partial charge in [-0.25, -0.2) is 9.97 Å². The number of rotatable bonds is 5. The summed E-state index contributed by atoms with van der Waals surface area (Å²) in [7, 11) is 0. The van der Waals surface area contributed by atoms with Crippen molar-refractivity contribution in [3.05, 3.63) is 48.2 Å². The monoisotopic (exact) mass is 326 g/mol. The lowest BCUT2D eigenvalue weighted by Crippen LogP contribution is -2.48. The van der Waals surface area contributed by atoms with E-state index in [9.17, 15) is 4.79 Å². The van der Waals surface area contributed by atoms with Gasteiger partial charge >= 0.3 is 0 Å². The first-order chi connectivity index (χ1) is 11.5. The zero-order chi connectivity index (χ0) is 17.2. The van der Waals surface area contributed by atoms with E-state index >= 15 is 0 Å². The van der Waals surface area contributed by atoms with Crippen molar-refractivity contribution in [2.75, 3.05) is 11.9 Å². The maximum atomic E-state index is 12.1. The van der Waals surface area contributed by atoms with Crippen molar-refractivity contribution >= 4 is 17.3 Å². The van der Waals surface area contributed by atoms with Gasteiger partial charge in [-0.15, -0.1) is 0 Å². The second-order valence-electron chi connectivity index (χ2n) is 6.18.